The number of ketones is 2. The standard InChI is InChI=1S/C17H15BrO2/c1-12(19)16(11-13-7-9-15(18)10-8-13)17(20)14-5-3-2-4-6-14/h2-10,16H,11H2,1H3. The SMILES string of the molecule is CC(=O)C(Cc1ccc(Br)cc1)C(=O)c1ccccc1. The zero-order valence-corrected chi connectivity index (χ0v) is 12.8. The fraction of sp³-hybridized carbons (Fsp3) is 0.176. The van der Waals surface area contributed by atoms with Gasteiger partial charge < -0.3 is 0 Å². The van der Waals surface area contributed by atoms with E-state index < -0.39 is 5.92 Å². The number of Topliss-reactive ketones (excluding diaryl/α,β-unsaturated/α-hetero) is 2. The number of rotatable bonds is 5. The summed E-state index contributed by atoms with van der Waals surface area (Å²) in [6, 6.07) is 16.7. The molecule has 0 N–H and O–H groups in total. The third-order valence-electron chi connectivity index (χ3n) is 3.22. The molecular formula is C17H15BrO2. The van der Waals surface area contributed by atoms with Crippen LogP contribution in [-0.4, -0.2) is 11.6 Å². The van der Waals surface area contributed by atoms with Gasteiger partial charge >= 0.3 is 0 Å². The van der Waals surface area contributed by atoms with E-state index in [1.165, 1.54) is 6.92 Å². The average Bonchev–Trinajstić information content (AvgIpc) is 2.46. The van der Waals surface area contributed by atoms with Crippen LogP contribution in [0.1, 0.15) is 22.8 Å². The predicted molar refractivity (Wildman–Crippen MR) is 82.8 cm³/mol. The fourth-order valence-electron chi connectivity index (χ4n) is 2.08. The highest BCUT2D eigenvalue weighted by molar-refractivity contribution is 9.10. The van der Waals surface area contributed by atoms with Gasteiger partial charge in [0.25, 0.3) is 0 Å². The van der Waals surface area contributed by atoms with Crippen molar-refractivity contribution in [1.82, 2.24) is 0 Å². The van der Waals surface area contributed by atoms with Crippen molar-refractivity contribution in [3.63, 3.8) is 0 Å². The van der Waals surface area contributed by atoms with E-state index in [1.807, 2.05) is 42.5 Å². The minimum Gasteiger partial charge on any atom is -0.299 e. The lowest BCUT2D eigenvalue weighted by Crippen LogP contribution is -2.24. The van der Waals surface area contributed by atoms with Crippen LogP contribution in [0.25, 0.3) is 0 Å². The Kier molecular flexibility index (Phi) is 4.85. The molecule has 0 amide bonds. The normalized spacial score (nSPS) is 11.9. The van der Waals surface area contributed by atoms with Gasteiger partial charge in [0, 0.05) is 10.0 Å². The van der Waals surface area contributed by atoms with Crippen molar-refractivity contribution < 1.29 is 9.59 Å². The van der Waals surface area contributed by atoms with Crippen LogP contribution >= 0.6 is 15.9 Å². The van der Waals surface area contributed by atoms with Crippen molar-refractivity contribution in [2.24, 2.45) is 5.92 Å². The molecule has 0 radical (unpaired) electrons. The van der Waals surface area contributed by atoms with Crippen LogP contribution in [0.5, 0.6) is 0 Å². The molecule has 2 rings (SSSR count). The smallest absolute Gasteiger partial charge is 0.173 e. The Morgan fingerprint density at radius 1 is 1.00 bits per heavy atom. The summed E-state index contributed by atoms with van der Waals surface area (Å²) in [6.45, 7) is 1.48. The third kappa shape index (κ3) is 3.64. The molecule has 102 valence electrons. The molecule has 2 aromatic rings. The Morgan fingerprint density at radius 3 is 2.15 bits per heavy atom. The Labute approximate surface area is 127 Å². The quantitative estimate of drug-likeness (QED) is 0.611. The predicted octanol–water partition coefficient (Wildman–Crippen LogP) is 4.08. The van der Waals surface area contributed by atoms with Crippen molar-refractivity contribution in [2.45, 2.75) is 13.3 Å². The first-order valence-electron chi connectivity index (χ1n) is 6.42. The summed E-state index contributed by atoms with van der Waals surface area (Å²) in [4.78, 5) is 24.2. The summed E-state index contributed by atoms with van der Waals surface area (Å²) in [7, 11) is 0. The Bertz CT molecular complexity index is 603. The van der Waals surface area contributed by atoms with E-state index in [4.69, 9.17) is 0 Å². The summed E-state index contributed by atoms with van der Waals surface area (Å²) in [5, 5.41) is 0. The van der Waals surface area contributed by atoms with Gasteiger partial charge in [0.05, 0.1) is 5.92 Å². The second kappa shape index (κ2) is 6.62. The zero-order valence-electron chi connectivity index (χ0n) is 11.2. The second-order valence-electron chi connectivity index (χ2n) is 4.72. The number of carbonyl (C=O) groups is 2. The molecule has 0 saturated carbocycles. The van der Waals surface area contributed by atoms with Crippen LogP contribution in [0.4, 0.5) is 0 Å². The maximum absolute atomic E-state index is 12.4. The number of halogens is 1. The molecule has 0 aliphatic heterocycles. The first kappa shape index (κ1) is 14.7. The van der Waals surface area contributed by atoms with Crippen molar-refractivity contribution in [1.29, 1.82) is 0 Å². The first-order valence-corrected chi connectivity index (χ1v) is 7.21. The fourth-order valence-corrected chi connectivity index (χ4v) is 2.35. The van der Waals surface area contributed by atoms with Gasteiger partial charge in [-0.25, -0.2) is 0 Å². The molecule has 1 unspecified atom stereocenters. The molecule has 3 heteroatoms. The van der Waals surface area contributed by atoms with Gasteiger partial charge in [-0.3, -0.25) is 9.59 Å². The Balaban J connectivity index is 2.21. The number of benzene rings is 2. The number of hydrogen-bond donors (Lipinski definition) is 0. The second-order valence-corrected chi connectivity index (χ2v) is 5.64. The van der Waals surface area contributed by atoms with E-state index >= 15 is 0 Å². The summed E-state index contributed by atoms with van der Waals surface area (Å²) in [5.41, 5.74) is 1.57. The highest BCUT2D eigenvalue weighted by Crippen LogP contribution is 2.18. The molecule has 20 heavy (non-hydrogen) atoms. The maximum atomic E-state index is 12.4. The number of carbonyl (C=O) groups excluding carboxylic acids is 2. The van der Waals surface area contributed by atoms with E-state index in [9.17, 15) is 9.59 Å². The minimum absolute atomic E-state index is 0.0956. The van der Waals surface area contributed by atoms with Crippen LogP contribution in [0.15, 0.2) is 59.1 Å². The van der Waals surface area contributed by atoms with Crippen LogP contribution < -0.4 is 0 Å². The van der Waals surface area contributed by atoms with E-state index in [2.05, 4.69) is 15.9 Å². The monoisotopic (exact) mass is 330 g/mol. The zero-order chi connectivity index (χ0) is 14.5. The lowest BCUT2D eigenvalue weighted by molar-refractivity contribution is -0.119. The molecule has 0 aliphatic carbocycles. The molecule has 0 spiro atoms. The van der Waals surface area contributed by atoms with Gasteiger partial charge in [-0.05, 0) is 31.0 Å². The summed E-state index contributed by atoms with van der Waals surface area (Å²) in [6.07, 6.45) is 0.441. The molecule has 0 aromatic heterocycles. The maximum Gasteiger partial charge on any atom is 0.173 e. The lowest BCUT2D eigenvalue weighted by Gasteiger charge is -2.13. The largest absolute Gasteiger partial charge is 0.299 e. The van der Waals surface area contributed by atoms with E-state index in [0.717, 1.165) is 10.0 Å². The molecule has 0 saturated heterocycles. The van der Waals surface area contributed by atoms with E-state index in [0.29, 0.717) is 12.0 Å². The number of hydrogen-bond acceptors (Lipinski definition) is 2. The molecule has 0 bridgehead atoms. The molecule has 1 atom stereocenters. The Hall–Kier alpha value is -1.74. The molecule has 0 fully saturated rings. The van der Waals surface area contributed by atoms with Crippen molar-refractivity contribution in [3.05, 3.63) is 70.2 Å². The molecule has 2 nitrogen and oxygen atoms in total. The minimum atomic E-state index is -0.612. The summed E-state index contributed by atoms with van der Waals surface area (Å²) < 4.78 is 0.981. The van der Waals surface area contributed by atoms with Gasteiger partial charge in [-0.2, -0.15) is 0 Å². The Morgan fingerprint density at radius 2 is 1.60 bits per heavy atom. The lowest BCUT2D eigenvalue weighted by atomic mass is 9.88. The van der Waals surface area contributed by atoms with Gasteiger partial charge in [0.1, 0.15) is 5.78 Å². The molecule has 0 aliphatic rings. The van der Waals surface area contributed by atoms with Crippen LogP contribution in [0.2, 0.25) is 0 Å². The molecule has 2 aromatic carbocycles. The van der Waals surface area contributed by atoms with E-state index in [-0.39, 0.29) is 11.6 Å². The van der Waals surface area contributed by atoms with Crippen molar-refractivity contribution in [2.75, 3.05) is 0 Å². The summed E-state index contributed by atoms with van der Waals surface area (Å²) >= 11 is 3.37. The van der Waals surface area contributed by atoms with Crippen LogP contribution in [-0.2, 0) is 11.2 Å². The highest BCUT2D eigenvalue weighted by atomic mass is 79.9. The van der Waals surface area contributed by atoms with Crippen LogP contribution in [0.3, 0.4) is 0 Å². The average molecular weight is 331 g/mol. The highest BCUT2D eigenvalue weighted by Gasteiger charge is 2.24. The summed E-state index contributed by atoms with van der Waals surface area (Å²) in [5.74, 6) is -0.818. The molecule has 0 heterocycles. The van der Waals surface area contributed by atoms with Gasteiger partial charge in [0.15, 0.2) is 5.78 Å². The molecular weight excluding hydrogens is 316 g/mol. The first-order chi connectivity index (χ1) is 9.58. The third-order valence-corrected chi connectivity index (χ3v) is 3.75. The van der Waals surface area contributed by atoms with Gasteiger partial charge in [-0.1, -0.05) is 58.4 Å². The van der Waals surface area contributed by atoms with Crippen molar-refractivity contribution in [3.8, 4) is 0 Å². The van der Waals surface area contributed by atoms with E-state index in [1.54, 1.807) is 12.1 Å². The van der Waals surface area contributed by atoms with Gasteiger partial charge in [0.2, 0.25) is 0 Å². The van der Waals surface area contributed by atoms with Crippen molar-refractivity contribution >= 4 is 27.5 Å². The topological polar surface area (TPSA) is 34.1 Å². The van der Waals surface area contributed by atoms with Crippen LogP contribution in [0, 0.1) is 5.92 Å². The van der Waals surface area contributed by atoms with Gasteiger partial charge in [-0.15, -0.1) is 0 Å².